The Labute approximate surface area is 102 Å². The fraction of sp³-hybridized carbons (Fsp3) is 0.500. The first-order valence-corrected chi connectivity index (χ1v) is 5.99. The second-order valence-electron chi connectivity index (χ2n) is 4.57. The Hall–Kier alpha value is -1.35. The van der Waals surface area contributed by atoms with Crippen LogP contribution < -0.4 is 0 Å². The summed E-state index contributed by atoms with van der Waals surface area (Å²) in [7, 11) is 0. The molecule has 0 saturated heterocycles. The molecule has 1 rings (SSSR count). The molecule has 0 bridgehead atoms. The Balaban J connectivity index is 2.95. The van der Waals surface area contributed by atoms with Gasteiger partial charge in [-0.05, 0) is 18.9 Å². The van der Waals surface area contributed by atoms with Crippen LogP contribution in [0.15, 0.2) is 24.3 Å². The van der Waals surface area contributed by atoms with Crippen molar-refractivity contribution >= 4 is 5.97 Å². The zero-order valence-electron chi connectivity index (χ0n) is 10.4. The molecule has 0 heterocycles. The van der Waals surface area contributed by atoms with E-state index < -0.39 is 11.6 Å². The molecular formula is C14H20O3. The summed E-state index contributed by atoms with van der Waals surface area (Å²) >= 11 is 0. The van der Waals surface area contributed by atoms with Gasteiger partial charge in [0, 0.05) is 0 Å². The van der Waals surface area contributed by atoms with Gasteiger partial charge in [-0.15, -0.1) is 0 Å². The van der Waals surface area contributed by atoms with Gasteiger partial charge in [0.05, 0.1) is 6.42 Å². The van der Waals surface area contributed by atoms with Crippen LogP contribution in [0.25, 0.3) is 0 Å². The topological polar surface area (TPSA) is 57.5 Å². The van der Waals surface area contributed by atoms with E-state index in [-0.39, 0.29) is 6.42 Å². The van der Waals surface area contributed by atoms with E-state index in [9.17, 15) is 9.90 Å². The number of rotatable bonds is 6. The summed E-state index contributed by atoms with van der Waals surface area (Å²) in [6.07, 6.45) is 2.00. The lowest BCUT2D eigenvalue weighted by atomic mass is 9.85. The third kappa shape index (κ3) is 3.86. The van der Waals surface area contributed by atoms with Crippen LogP contribution >= 0.6 is 0 Å². The molecule has 0 radical (unpaired) electrons. The van der Waals surface area contributed by atoms with E-state index in [1.165, 1.54) is 0 Å². The molecule has 0 aliphatic heterocycles. The highest BCUT2D eigenvalue weighted by atomic mass is 16.4. The molecule has 0 aliphatic carbocycles. The smallest absolute Gasteiger partial charge is 0.306 e. The Bertz CT molecular complexity index is 370. The van der Waals surface area contributed by atoms with E-state index in [1.807, 2.05) is 38.1 Å². The predicted octanol–water partition coefficient (Wildman–Crippen LogP) is 2.85. The minimum absolute atomic E-state index is 0.240. The number of unbranched alkanes of at least 4 members (excludes halogenated alkanes) is 1. The number of aliphatic carboxylic acids is 1. The van der Waals surface area contributed by atoms with Gasteiger partial charge < -0.3 is 10.2 Å². The first-order chi connectivity index (χ1) is 7.98. The maximum atomic E-state index is 10.9. The predicted molar refractivity (Wildman–Crippen MR) is 66.9 cm³/mol. The molecule has 2 N–H and O–H groups in total. The van der Waals surface area contributed by atoms with Crippen molar-refractivity contribution in [2.24, 2.45) is 0 Å². The van der Waals surface area contributed by atoms with Crippen LogP contribution in [-0.2, 0) is 10.4 Å². The molecule has 0 amide bonds. The molecule has 3 heteroatoms. The fourth-order valence-electron chi connectivity index (χ4n) is 1.92. The van der Waals surface area contributed by atoms with Gasteiger partial charge in [-0.2, -0.15) is 0 Å². The quantitative estimate of drug-likeness (QED) is 0.798. The van der Waals surface area contributed by atoms with Gasteiger partial charge in [-0.25, -0.2) is 0 Å². The van der Waals surface area contributed by atoms with E-state index in [0.29, 0.717) is 12.0 Å². The first kappa shape index (κ1) is 13.7. The normalized spacial score (nSPS) is 14.3. The Kier molecular flexibility index (Phi) is 4.70. The molecule has 17 heavy (non-hydrogen) atoms. The van der Waals surface area contributed by atoms with Crippen LogP contribution in [0.5, 0.6) is 0 Å². The average molecular weight is 236 g/mol. The Morgan fingerprint density at radius 2 is 1.88 bits per heavy atom. The van der Waals surface area contributed by atoms with Crippen LogP contribution in [0.4, 0.5) is 0 Å². The SMILES string of the molecule is CCCCC(O)(CC(=O)O)c1ccc(C)cc1. The number of carbonyl (C=O) groups is 1. The fourth-order valence-corrected chi connectivity index (χ4v) is 1.92. The van der Waals surface area contributed by atoms with Crippen molar-refractivity contribution in [2.45, 2.75) is 45.1 Å². The number of aryl methyl sites for hydroxylation is 1. The van der Waals surface area contributed by atoms with Crippen molar-refractivity contribution in [2.75, 3.05) is 0 Å². The molecule has 1 aromatic rings. The number of aliphatic hydroxyl groups is 1. The molecule has 3 nitrogen and oxygen atoms in total. The van der Waals surface area contributed by atoms with Crippen molar-refractivity contribution in [1.29, 1.82) is 0 Å². The van der Waals surface area contributed by atoms with Crippen LogP contribution in [0.1, 0.15) is 43.7 Å². The zero-order chi connectivity index (χ0) is 12.9. The van der Waals surface area contributed by atoms with Crippen molar-refractivity contribution in [3.63, 3.8) is 0 Å². The second-order valence-corrected chi connectivity index (χ2v) is 4.57. The molecule has 0 aromatic heterocycles. The van der Waals surface area contributed by atoms with Crippen LogP contribution in [-0.4, -0.2) is 16.2 Å². The minimum Gasteiger partial charge on any atom is -0.481 e. The highest BCUT2D eigenvalue weighted by Gasteiger charge is 2.31. The van der Waals surface area contributed by atoms with Gasteiger partial charge in [0.1, 0.15) is 5.60 Å². The number of carboxylic acids is 1. The van der Waals surface area contributed by atoms with Gasteiger partial charge in [0.25, 0.3) is 0 Å². The number of benzene rings is 1. The molecule has 1 atom stereocenters. The van der Waals surface area contributed by atoms with E-state index >= 15 is 0 Å². The molecular weight excluding hydrogens is 216 g/mol. The minimum atomic E-state index is -1.24. The van der Waals surface area contributed by atoms with Gasteiger partial charge in [-0.3, -0.25) is 4.79 Å². The molecule has 0 fully saturated rings. The third-order valence-electron chi connectivity index (χ3n) is 2.98. The first-order valence-electron chi connectivity index (χ1n) is 5.99. The summed E-state index contributed by atoms with van der Waals surface area (Å²) < 4.78 is 0. The van der Waals surface area contributed by atoms with Crippen molar-refractivity contribution in [1.82, 2.24) is 0 Å². The Morgan fingerprint density at radius 3 is 2.35 bits per heavy atom. The lowest BCUT2D eigenvalue weighted by molar-refractivity contribution is -0.143. The lowest BCUT2D eigenvalue weighted by Crippen LogP contribution is -2.29. The molecule has 1 aromatic carbocycles. The summed E-state index contributed by atoms with van der Waals surface area (Å²) in [6, 6.07) is 7.42. The van der Waals surface area contributed by atoms with Crippen molar-refractivity contribution < 1.29 is 15.0 Å². The number of hydrogen-bond acceptors (Lipinski definition) is 2. The standard InChI is InChI=1S/C14H20O3/c1-3-4-9-14(17,10-13(15)16)12-7-5-11(2)6-8-12/h5-8,17H,3-4,9-10H2,1-2H3,(H,15,16). The summed E-state index contributed by atoms with van der Waals surface area (Å²) in [5.41, 5.74) is 0.552. The molecule has 0 aliphatic rings. The lowest BCUT2D eigenvalue weighted by Gasteiger charge is -2.27. The monoisotopic (exact) mass is 236 g/mol. The van der Waals surface area contributed by atoms with Crippen molar-refractivity contribution in [3.8, 4) is 0 Å². The van der Waals surface area contributed by atoms with Gasteiger partial charge in [0.15, 0.2) is 0 Å². The molecule has 0 saturated carbocycles. The van der Waals surface area contributed by atoms with Crippen LogP contribution in [0, 0.1) is 6.92 Å². The zero-order valence-corrected chi connectivity index (χ0v) is 10.4. The van der Waals surface area contributed by atoms with Gasteiger partial charge in [0.2, 0.25) is 0 Å². The number of carboxylic acid groups (broad SMARTS) is 1. The largest absolute Gasteiger partial charge is 0.481 e. The van der Waals surface area contributed by atoms with Gasteiger partial charge >= 0.3 is 5.97 Å². The summed E-state index contributed by atoms with van der Waals surface area (Å²) in [6.45, 7) is 3.99. The van der Waals surface area contributed by atoms with Crippen molar-refractivity contribution in [3.05, 3.63) is 35.4 Å². The average Bonchev–Trinajstić information content (AvgIpc) is 2.26. The molecule has 94 valence electrons. The molecule has 0 spiro atoms. The highest BCUT2D eigenvalue weighted by Crippen LogP contribution is 2.31. The third-order valence-corrected chi connectivity index (χ3v) is 2.98. The maximum absolute atomic E-state index is 10.9. The second kappa shape index (κ2) is 5.82. The summed E-state index contributed by atoms with van der Waals surface area (Å²) in [4.78, 5) is 10.9. The number of hydrogen-bond donors (Lipinski definition) is 2. The Morgan fingerprint density at radius 1 is 1.29 bits per heavy atom. The highest BCUT2D eigenvalue weighted by molar-refractivity contribution is 5.68. The van der Waals surface area contributed by atoms with E-state index in [0.717, 1.165) is 18.4 Å². The summed E-state index contributed by atoms with van der Waals surface area (Å²) in [5, 5.41) is 19.4. The molecule has 1 unspecified atom stereocenters. The van der Waals surface area contributed by atoms with E-state index in [2.05, 4.69) is 0 Å². The van der Waals surface area contributed by atoms with Crippen LogP contribution in [0.3, 0.4) is 0 Å². The maximum Gasteiger partial charge on any atom is 0.306 e. The summed E-state index contributed by atoms with van der Waals surface area (Å²) in [5.74, 6) is -0.968. The van der Waals surface area contributed by atoms with E-state index in [1.54, 1.807) is 0 Å². The van der Waals surface area contributed by atoms with E-state index in [4.69, 9.17) is 5.11 Å². The van der Waals surface area contributed by atoms with Gasteiger partial charge in [-0.1, -0.05) is 49.6 Å². The van der Waals surface area contributed by atoms with Crippen LogP contribution in [0.2, 0.25) is 0 Å².